The summed E-state index contributed by atoms with van der Waals surface area (Å²) in [5.41, 5.74) is 0.768. The minimum atomic E-state index is -3.86. The molecular formula is C15H17N5O3S. The first-order chi connectivity index (χ1) is 11.2. The predicted molar refractivity (Wildman–Crippen MR) is 90.5 cm³/mol. The van der Waals surface area contributed by atoms with E-state index in [-0.39, 0.29) is 27.4 Å². The van der Waals surface area contributed by atoms with Crippen molar-refractivity contribution in [3.05, 3.63) is 46.5 Å². The van der Waals surface area contributed by atoms with E-state index in [1.807, 2.05) is 20.8 Å². The Morgan fingerprint density at radius 3 is 2.42 bits per heavy atom. The molecule has 0 spiro atoms. The number of nitrogens with one attached hydrogen (secondary N) is 3. The number of H-pyrrole nitrogens is 2. The second-order valence-electron chi connectivity index (χ2n) is 6.40. The zero-order valence-electron chi connectivity index (χ0n) is 13.4. The monoisotopic (exact) mass is 347 g/mol. The molecule has 2 aromatic heterocycles. The third kappa shape index (κ3) is 3.02. The van der Waals surface area contributed by atoms with Crippen molar-refractivity contribution in [1.29, 1.82) is 0 Å². The highest BCUT2D eigenvalue weighted by molar-refractivity contribution is 7.92. The topological polar surface area (TPSA) is 121 Å². The lowest BCUT2D eigenvalue weighted by atomic mass is 9.87. The van der Waals surface area contributed by atoms with Crippen LogP contribution in [-0.4, -0.2) is 28.4 Å². The quantitative estimate of drug-likeness (QED) is 0.666. The van der Waals surface area contributed by atoms with Crippen LogP contribution in [0.15, 0.2) is 40.3 Å². The summed E-state index contributed by atoms with van der Waals surface area (Å²) in [6, 6.07) is 6.57. The summed E-state index contributed by atoms with van der Waals surface area (Å²) in [5.74, 6) is -0.181. The molecule has 2 heterocycles. The molecule has 0 unspecified atom stereocenters. The summed E-state index contributed by atoms with van der Waals surface area (Å²) in [6.07, 6.45) is 1.32. The van der Waals surface area contributed by atoms with Gasteiger partial charge in [0.2, 0.25) is 5.95 Å². The molecule has 0 radical (unpaired) electrons. The molecule has 0 aliphatic heterocycles. The first-order valence-electron chi connectivity index (χ1n) is 7.23. The van der Waals surface area contributed by atoms with Crippen LogP contribution in [0.1, 0.15) is 26.3 Å². The van der Waals surface area contributed by atoms with E-state index < -0.39 is 15.6 Å². The zero-order valence-corrected chi connectivity index (χ0v) is 14.2. The van der Waals surface area contributed by atoms with Crippen molar-refractivity contribution in [2.75, 3.05) is 4.72 Å². The van der Waals surface area contributed by atoms with Gasteiger partial charge in [-0.15, -0.1) is 0 Å². The van der Waals surface area contributed by atoms with Crippen LogP contribution in [0.3, 0.4) is 0 Å². The molecule has 0 atom stereocenters. The summed E-state index contributed by atoms with van der Waals surface area (Å²) in [6.45, 7) is 6.13. The van der Waals surface area contributed by atoms with E-state index in [1.165, 1.54) is 18.5 Å². The third-order valence-electron chi connectivity index (χ3n) is 3.56. The maximum absolute atomic E-state index is 12.4. The van der Waals surface area contributed by atoms with Crippen molar-refractivity contribution in [3.63, 3.8) is 0 Å². The average molecular weight is 347 g/mol. The first-order valence-corrected chi connectivity index (χ1v) is 8.72. The normalized spacial score (nSPS) is 12.5. The summed E-state index contributed by atoms with van der Waals surface area (Å²) in [7, 11) is -3.86. The Kier molecular flexibility index (Phi) is 3.67. The number of fused-ring (bicyclic) bond motifs is 1. The van der Waals surface area contributed by atoms with E-state index in [9.17, 15) is 13.2 Å². The zero-order chi connectivity index (χ0) is 17.5. The molecule has 0 fully saturated rings. The lowest BCUT2D eigenvalue weighted by molar-refractivity contribution is 0.587. The van der Waals surface area contributed by atoms with Gasteiger partial charge in [0, 0.05) is 0 Å². The summed E-state index contributed by atoms with van der Waals surface area (Å²) < 4.78 is 27.2. The number of aromatic nitrogens is 4. The lowest BCUT2D eigenvalue weighted by Gasteiger charge is -2.19. The molecule has 3 rings (SSSR count). The Bertz CT molecular complexity index is 1040. The molecular weight excluding hydrogens is 330 g/mol. The highest BCUT2D eigenvalue weighted by Crippen LogP contribution is 2.23. The number of anilines is 1. The van der Waals surface area contributed by atoms with Gasteiger partial charge >= 0.3 is 0 Å². The molecule has 3 N–H and O–H groups in total. The molecule has 126 valence electrons. The van der Waals surface area contributed by atoms with Crippen LogP contribution in [0.25, 0.3) is 11.2 Å². The van der Waals surface area contributed by atoms with E-state index in [1.54, 1.807) is 12.1 Å². The van der Waals surface area contributed by atoms with Gasteiger partial charge in [0.1, 0.15) is 0 Å². The summed E-state index contributed by atoms with van der Waals surface area (Å²) in [4.78, 5) is 24.8. The lowest BCUT2D eigenvalue weighted by Crippen LogP contribution is -2.19. The highest BCUT2D eigenvalue weighted by Gasteiger charge is 2.19. The summed E-state index contributed by atoms with van der Waals surface area (Å²) >= 11 is 0. The van der Waals surface area contributed by atoms with Gasteiger partial charge in [0.15, 0.2) is 11.2 Å². The molecule has 0 saturated carbocycles. The van der Waals surface area contributed by atoms with Crippen molar-refractivity contribution in [3.8, 4) is 0 Å². The molecule has 0 saturated heterocycles. The van der Waals surface area contributed by atoms with E-state index in [4.69, 9.17) is 0 Å². The van der Waals surface area contributed by atoms with E-state index in [0.29, 0.717) is 0 Å². The minimum absolute atomic E-state index is 0.0759. The molecule has 0 aliphatic carbocycles. The van der Waals surface area contributed by atoms with Crippen molar-refractivity contribution in [1.82, 2.24) is 19.9 Å². The number of aromatic amines is 2. The second-order valence-corrected chi connectivity index (χ2v) is 8.08. The fourth-order valence-electron chi connectivity index (χ4n) is 2.21. The summed E-state index contributed by atoms with van der Waals surface area (Å²) in [5, 5.41) is 0. The number of sulfonamides is 1. The molecule has 1 aromatic carbocycles. The smallest absolute Gasteiger partial charge is 0.278 e. The molecule has 24 heavy (non-hydrogen) atoms. The fraction of sp³-hybridized carbons (Fsp3) is 0.267. The van der Waals surface area contributed by atoms with Gasteiger partial charge < -0.3 is 4.98 Å². The average Bonchev–Trinajstić information content (AvgIpc) is 2.95. The van der Waals surface area contributed by atoms with Crippen LogP contribution in [0.4, 0.5) is 5.95 Å². The van der Waals surface area contributed by atoms with Gasteiger partial charge in [-0.05, 0) is 23.1 Å². The molecule has 0 bridgehead atoms. The first kappa shape index (κ1) is 16.2. The van der Waals surface area contributed by atoms with Gasteiger partial charge in [0.25, 0.3) is 15.6 Å². The Hall–Kier alpha value is -2.68. The van der Waals surface area contributed by atoms with E-state index in [2.05, 4.69) is 24.7 Å². The van der Waals surface area contributed by atoms with Crippen LogP contribution in [0.2, 0.25) is 0 Å². The van der Waals surface area contributed by atoms with Crippen molar-refractivity contribution in [2.45, 2.75) is 31.1 Å². The SMILES string of the molecule is CC(C)(C)c1ccc(S(=O)(=O)Nc2nc3nc[nH]c3c(=O)[nH]2)cc1. The number of rotatable bonds is 3. The Balaban J connectivity index is 1.94. The van der Waals surface area contributed by atoms with Gasteiger partial charge in [-0.1, -0.05) is 32.9 Å². The maximum atomic E-state index is 12.4. The molecule has 0 aliphatic rings. The third-order valence-corrected chi connectivity index (χ3v) is 4.91. The number of hydrogen-bond donors (Lipinski definition) is 3. The Morgan fingerprint density at radius 1 is 1.12 bits per heavy atom. The van der Waals surface area contributed by atoms with Crippen LogP contribution >= 0.6 is 0 Å². The number of hydrogen-bond acceptors (Lipinski definition) is 5. The van der Waals surface area contributed by atoms with Crippen LogP contribution < -0.4 is 10.3 Å². The molecule has 9 heteroatoms. The second kappa shape index (κ2) is 5.45. The number of nitrogens with zero attached hydrogens (tertiary/aromatic N) is 2. The predicted octanol–water partition coefficient (Wildman–Crippen LogP) is 1.74. The van der Waals surface area contributed by atoms with Gasteiger partial charge in [-0.3, -0.25) is 9.78 Å². The van der Waals surface area contributed by atoms with E-state index >= 15 is 0 Å². The largest absolute Gasteiger partial charge is 0.339 e. The molecule has 0 amide bonds. The molecule has 8 nitrogen and oxygen atoms in total. The van der Waals surface area contributed by atoms with Crippen molar-refractivity contribution >= 4 is 27.1 Å². The molecule has 3 aromatic rings. The maximum Gasteiger partial charge on any atom is 0.278 e. The van der Waals surface area contributed by atoms with Crippen molar-refractivity contribution in [2.24, 2.45) is 0 Å². The Labute approximate surface area is 138 Å². The van der Waals surface area contributed by atoms with Crippen LogP contribution in [-0.2, 0) is 15.4 Å². The van der Waals surface area contributed by atoms with Crippen molar-refractivity contribution < 1.29 is 8.42 Å². The van der Waals surface area contributed by atoms with Crippen LogP contribution in [0, 0.1) is 0 Å². The number of benzene rings is 1. The minimum Gasteiger partial charge on any atom is -0.339 e. The Morgan fingerprint density at radius 2 is 1.79 bits per heavy atom. The highest BCUT2D eigenvalue weighted by atomic mass is 32.2. The van der Waals surface area contributed by atoms with Gasteiger partial charge in [-0.2, -0.15) is 4.98 Å². The number of imidazole rings is 1. The fourth-order valence-corrected chi connectivity index (χ4v) is 3.17. The van der Waals surface area contributed by atoms with Gasteiger partial charge in [-0.25, -0.2) is 18.1 Å². The standard InChI is InChI=1S/C15H17N5O3S/c1-15(2,3)9-4-6-10(7-5-9)24(22,23)20-14-18-12-11(13(21)19-14)16-8-17-12/h4-8H,1-3H3,(H3,16,17,18,19,20,21). The van der Waals surface area contributed by atoms with Crippen LogP contribution in [0.5, 0.6) is 0 Å². The van der Waals surface area contributed by atoms with E-state index in [0.717, 1.165) is 5.56 Å². The van der Waals surface area contributed by atoms with Gasteiger partial charge in [0.05, 0.1) is 11.2 Å².